The van der Waals surface area contributed by atoms with Gasteiger partial charge in [-0.05, 0) is 74.8 Å². The molecular formula is C27H31N5O2S. The monoisotopic (exact) mass is 489 g/mol. The zero-order valence-corrected chi connectivity index (χ0v) is 21.1. The van der Waals surface area contributed by atoms with Crippen LogP contribution in [-0.2, 0) is 4.79 Å². The number of para-hydroxylation sites is 2. The Morgan fingerprint density at radius 2 is 1.97 bits per heavy atom. The Balaban J connectivity index is 1.41. The average Bonchev–Trinajstić information content (AvgIpc) is 3.58. The maximum absolute atomic E-state index is 12.9. The van der Waals surface area contributed by atoms with Crippen LogP contribution in [0.4, 0.5) is 5.69 Å². The normalized spacial score (nSPS) is 19.5. The molecule has 5 rings (SSSR count). The zero-order valence-electron chi connectivity index (χ0n) is 20.3. The van der Waals surface area contributed by atoms with E-state index < -0.39 is 0 Å². The van der Waals surface area contributed by atoms with Crippen LogP contribution in [0.1, 0.15) is 60.0 Å². The summed E-state index contributed by atoms with van der Waals surface area (Å²) in [6.45, 7) is 4.87. The molecular weight excluding hydrogens is 458 g/mol. The Kier molecular flexibility index (Phi) is 6.47. The highest BCUT2D eigenvalue weighted by Gasteiger charge is 2.42. The number of hydrogen-bond donors (Lipinski definition) is 2. The van der Waals surface area contributed by atoms with Gasteiger partial charge in [-0.25, -0.2) is 0 Å². The van der Waals surface area contributed by atoms with Gasteiger partial charge in [-0.3, -0.25) is 9.78 Å². The number of methoxy groups -OCH3 is 1. The summed E-state index contributed by atoms with van der Waals surface area (Å²) in [4.78, 5) is 19.7. The second-order valence-electron chi connectivity index (χ2n) is 9.25. The third-order valence-electron chi connectivity index (χ3n) is 6.91. The van der Waals surface area contributed by atoms with Crippen molar-refractivity contribution in [1.29, 1.82) is 0 Å². The van der Waals surface area contributed by atoms with Gasteiger partial charge in [-0.15, -0.1) is 0 Å². The van der Waals surface area contributed by atoms with Gasteiger partial charge < -0.3 is 24.8 Å². The summed E-state index contributed by atoms with van der Waals surface area (Å²) in [7, 11) is 1.60. The molecule has 2 aliphatic rings. The van der Waals surface area contributed by atoms with Crippen LogP contribution in [0.15, 0.2) is 54.7 Å². The van der Waals surface area contributed by atoms with E-state index in [2.05, 4.69) is 45.0 Å². The van der Waals surface area contributed by atoms with E-state index in [0.29, 0.717) is 35.6 Å². The quantitative estimate of drug-likeness (QED) is 0.441. The van der Waals surface area contributed by atoms with Crippen molar-refractivity contribution in [1.82, 2.24) is 19.8 Å². The SMILES string of the molecule is COc1ccccc1NC(=O)CCN1C(=S)N[C@H](c2ccccn2)[C@@H]1c1cc(C)n(C2CC2)c1C. The second kappa shape index (κ2) is 9.70. The number of carbonyl (C=O) groups is 1. The van der Waals surface area contributed by atoms with Crippen LogP contribution < -0.4 is 15.4 Å². The molecule has 8 heteroatoms. The summed E-state index contributed by atoms with van der Waals surface area (Å²) in [6.07, 6.45) is 4.57. The van der Waals surface area contributed by atoms with Crippen LogP contribution >= 0.6 is 12.2 Å². The van der Waals surface area contributed by atoms with Gasteiger partial charge in [0.05, 0.1) is 30.6 Å². The summed E-state index contributed by atoms with van der Waals surface area (Å²) in [5, 5.41) is 7.12. The number of anilines is 1. The molecule has 35 heavy (non-hydrogen) atoms. The van der Waals surface area contributed by atoms with Gasteiger partial charge in [-0.1, -0.05) is 18.2 Å². The van der Waals surface area contributed by atoms with E-state index in [9.17, 15) is 4.79 Å². The minimum Gasteiger partial charge on any atom is -0.495 e. The van der Waals surface area contributed by atoms with Gasteiger partial charge >= 0.3 is 0 Å². The molecule has 0 bridgehead atoms. The van der Waals surface area contributed by atoms with E-state index in [4.69, 9.17) is 17.0 Å². The molecule has 2 N–H and O–H groups in total. The highest BCUT2D eigenvalue weighted by atomic mass is 32.1. The molecule has 2 aromatic heterocycles. The highest BCUT2D eigenvalue weighted by Crippen LogP contribution is 2.44. The number of aryl methyl sites for hydroxylation is 1. The second-order valence-corrected chi connectivity index (χ2v) is 9.63. The molecule has 7 nitrogen and oxygen atoms in total. The first-order valence-electron chi connectivity index (χ1n) is 12.1. The molecule has 1 aliphatic heterocycles. The lowest BCUT2D eigenvalue weighted by Crippen LogP contribution is -2.33. The summed E-state index contributed by atoms with van der Waals surface area (Å²) in [6, 6.07) is 16.1. The van der Waals surface area contributed by atoms with E-state index >= 15 is 0 Å². The van der Waals surface area contributed by atoms with Crippen molar-refractivity contribution in [2.24, 2.45) is 0 Å². The third kappa shape index (κ3) is 4.62. The van der Waals surface area contributed by atoms with Crippen molar-refractivity contribution in [2.75, 3.05) is 19.0 Å². The maximum Gasteiger partial charge on any atom is 0.226 e. The first-order valence-corrected chi connectivity index (χ1v) is 12.5. The van der Waals surface area contributed by atoms with E-state index in [-0.39, 0.29) is 18.0 Å². The van der Waals surface area contributed by atoms with Crippen LogP contribution in [0.2, 0.25) is 0 Å². The average molecular weight is 490 g/mol. The number of carbonyl (C=O) groups excluding carboxylic acids is 1. The lowest BCUT2D eigenvalue weighted by molar-refractivity contribution is -0.116. The lowest BCUT2D eigenvalue weighted by Gasteiger charge is -2.28. The van der Waals surface area contributed by atoms with E-state index in [1.165, 1.54) is 29.8 Å². The number of rotatable bonds is 8. The summed E-state index contributed by atoms with van der Waals surface area (Å²) in [5.74, 6) is 0.556. The Morgan fingerprint density at radius 1 is 1.20 bits per heavy atom. The number of nitrogens with zero attached hydrogens (tertiary/aromatic N) is 3. The van der Waals surface area contributed by atoms with E-state index in [1.54, 1.807) is 7.11 Å². The van der Waals surface area contributed by atoms with Crippen molar-refractivity contribution >= 4 is 28.9 Å². The number of benzene rings is 1. The van der Waals surface area contributed by atoms with Crippen LogP contribution in [0.25, 0.3) is 0 Å². The molecule has 1 aromatic carbocycles. The smallest absolute Gasteiger partial charge is 0.226 e. The molecule has 1 saturated carbocycles. The van der Waals surface area contributed by atoms with Gasteiger partial charge in [0, 0.05) is 36.6 Å². The van der Waals surface area contributed by atoms with Crippen LogP contribution in [0.3, 0.4) is 0 Å². The first kappa shape index (κ1) is 23.4. The molecule has 0 radical (unpaired) electrons. The van der Waals surface area contributed by atoms with Gasteiger partial charge in [0.2, 0.25) is 5.91 Å². The van der Waals surface area contributed by atoms with Crippen molar-refractivity contribution in [3.05, 3.63) is 77.4 Å². The van der Waals surface area contributed by atoms with Crippen LogP contribution in [-0.4, -0.2) is 39.1 Å². The molecule has 3 aromatic rings. The van der Waals surface area contributed by atoms with E-state index in [1.807, 2.05) is 48.7 Å². The highest BCUT2D eigenvalue weighted by molar-refractivity contribution is 7.80. The summed E-state index contributed by atoms with van der Waals surface area (Å²) < 4.78 is 7.82. The van der Waals surface area contributed by atoms with Crippen LogP contribution in [0, 0.1) is 13.8 Å². The van der Waals surface area contributed by atoms with Crippen molar-refractivity contribution in [3.63, 3.8) is 0 Å². The number of aromatic nitrogens is 2. The fraction of sp³-hybridized carbons (Fsp3) is 0.370. The predicted molar refractivity (Wildman–Crippen MR) is 141 cm³/mol. The summed E-state index contributed by atoms with van der Waals surface area (Å²) >= 11 is 5.79. The minimum atomic E-state index is -0.0888. The van der Waals surface area contributed by atoms with Gasteiger partial charge in [0.15, 0.2) is 5.11 Å². The minimum absolute atomic E-state index is 0.0461. The van der Waals surface area contributed by atoms with Crippen LogP contribution in [0.5, 0.6) is 5.75 Å². The molecule has 182 valence electrons. The van der Waals surface area contributed by atoms with Crippen molar-refractivity contribution in [2.45, 2.75) is 51.2 Å². The van der Waals surface area contributed by atoms with Crippen molar-refractivity contribution in [3.8, 4) is 5.75 Å². The number of pyridine rings is 1. The van der Waals surface area contributed by atoms with Gasteiger partial charge in [0.25, 0.3) is 0 Å². The Hall–Kier alpha value is -3.39. The first-order chi connectivity index (χ1) is 17.0. The molecule has 1 saturated heterocycles. The standard InChI is InChI=1S/C27H31N5O2S/c1-17-16-20(18(2)32(17)19-11-12-19)26-25(22-9-6-7-14-28-22)30-27(35)31(26)15-13-24(33)29-21-8-4-5-10-23(21)34-3/h4-10,14,16,19,25-26H,11-13,15H2,1-3H3,(H,29,33)(H,30,35)/t25-,26+/m1/s1. The number of nitrogens with one attached hydrogen (secondary N) is 2. The Morgan fingerprint density at radius 3 is 2.69 bits per heavy atom. The maximum atomic E-state index is 12.9. The molecule has 3 heterocycles. The van der Waals surface area contributed by atoms with Gasteiger partial charge in [-0.2, -0.15) is 0 Å². The number of thiocarbonyl (C=S) groups is 1. The van der Waals surface area contributed by atoms with E-state index in [0.717, 1.165) is 5.69 Å². The topological polar surface area (TPSA) is 71.4 Å². The molecule has 1 amide bonds. The molecule has 0 unspecified atom stereocenters. The number of ether oxygens (including phenoxy) is 1. The number of hydrogen-bond acceptors (Lipinski definition) is 4. The lowest BCUT2D eigenvalue weighted by atomic mass is 9.96. The van der Waals surface area contributed by atoms with Gasteiger partial charge in [0.1, 0.15) is 5.75 Å². The molecule has 0 spiro atoms. The zero-order chi connectivity index (χ0) is 24.5. The fourth-order valence-corrected chi connectivity index (χ4v) is 5.50. The third-order valence-corrected chi connectivity index (χ3v) is 7.27. The van der Waals surface area contributed by atoms with Crippen molar-refractivity contribution < 1.29 is 9.53 Å². The summed E-state index contributed by atoms with van der Waals surface area (Å²) in [5.41, 5.74) is 5.38. The fourth-order valence-electron chi connectivity index (χ4n) is 5.16. The molecule has 2 atom stereocenters. The Labute approximate surface area is 211 Å². The predicted octanol–water partition coefficient (Wildman–Crippen LogP) is 4.84. The number of amides is 1. The molecule has 1 aliphatic carbocycles. The Bertz CT molecular complexity index is 1240. The molecule has 2 fully saturated rings. The largest absolute Gasteiger partial charge is 0.495 e.